The van der Waals surface area contributed by atoms with Gasteiger partial charge in [-0.2, -0.15) is 9.40 Å². The molecule has 0 amide bonds. The Morgan fingerprint density at radius 1 is 1.37 bits per heavy atom. The lowest BCUT2D eigenvalue weighted by atomic mass is 9.95. The van der Waals surface area contributed by atoms with E-state index in [-0.39, 0.29) is 10.9 Å². The molecule has 1 saturated carbocycles. The van der Waals surface area contributed by atoms with Crippen molar-refractivity contribution in [3.05, 3.63) is 12.4 Å². The maximum absolute atomic E-state index is 12.6. The van der Waals surface area contributed by atoms with E-state index in [4.69, 9.17) is 5.73 Å². The Hall–Kier alpha value is -0.920. The van der Waals surface area contributed by atoms with E-state index in [0.717, 1.165) is 25.7 Å². The van der Waals surface area contributed by atoms with Crippen molar-refractivity contribution in [2.45, 2.75) is 49.5 Å². The van der Waals surface area contributed by atoms with Gasteiger partial charge in [-0.3, -0.25) is 5.10 Å². The molecule has 19 heavy (non-hydrogen) atoms. The number of hydrogen-bond donors (Lipinski definition) is 2. The molecule has 0 spiro atoms. The number of aromatic amines is 1. The molecule has 0 saturated heterocycles. The zero-order valence-electron chi connectivity index (χ0n) is 11.1. The highest BCUT2D eigenvalue weighted by molar-refractivity contribution is 7.89. The minimum Gasteiger partial charge on any atom is -0.330 e. The van der Waals surface area contributed by atoms with Crippen molar-refractivity contribution in [1.82, 2.24) is 14.5 Å². The van der Waals surface area contributed by atoms with Crippen LogP contribution in [-0.2, 0) is 10.0 Å². The smallest absolute Gasteiger partial charge is 0.246 e. The van der Waals surface area contributed by atoms with Crippen molar-refractivity contribution in [1.29, 1.82) is 0 Å². The normalized spacial score (nSPS) is 18.0. The molecule has 0 aliphatic heterocycles. The minimum atomic E-state index is -3.45. The summed E-state index contributed by atoms with van der Waals surface area (Å²) in [7, 11) is -3.45. The van der Waals surface area contributed by atoms with Gasteiger partial charge in [0.15, 0.2) is 0 Å². The highest BCUT2D eigenvalue weighted by Crippen LogP contribution is 2.27. The summed E-state index contributed by atoms with van der Waals surface area (Å²) in [6.07, 6.45) is 8.79. The standard InChI is InChI=1S/C12H22N4O2S/c13-7-4-8-16(11-5-2-1-3-6-11)19(17,18)12-9-14-15-10-12/h9-11H,1-8,13H2,(H,14,15). The summed E-state index contributed by atoms with van der Waals surface area (Å²) in [4.78, 5) is 0.245. The molecule has 0 radical (unpaired) electrons. The third kappa shape index (κ3) is 3.34. The summed E-state index contributed by atoms with van der Waals surface area (Å²) in [6, 6.07) is 0.111. The van der Waals surface area contributed by atoms with Crippen LogP contribution in [0, 0.1) is 0 Å². The molecular formula is C12H22N4O2S. The quantitative estimate of drug-likeness (QED) is 0.818. The van der Waals surface area contributed by atoms with E-state index < -0.39 is 10.0 Å². The first kappa shape index (κ1) is 14.5. The maximum Gasteiger partial charge on any atom is 0.246 e. The predicted molar refractivity (Wildman–Crippen MR) is 73.0 cm³/mol. The molecule has 0 bridgehead atoms. The molecule has 7 heteroatoms. The summed E-state index contributed by atoms with van der Waals surface area (Å²) < 4.78 is 26.9. The van der Waals surface area contributed by atoms with Crippen molar-refractivity contribution >= 4 is 10.0 Å². The number of aromatic nitrogens is 2. The molecular weight excluding hydrogens is 264 g/mol. The molecule has 0 aromatic carbocycles. The number of H-pyrrole nitrogens is 1. The number of hydrogen-bond acceptors (Lipinski definition) is 4. The molecule has 1 aliphatic rings. The van der Waals surface area contributed by atoms with E-state index in [9.17, 15) is 8.42 Å². The number of sulfonamides is 1. The van der Waals surface area contributed by atoms with Crippen LogP contribution in [0.4, 0.5) is 0 Å². The maximum atomic E-state index is 12.6. The Kier molecular flexibility index (Phi) is 4.95. The topological polar surface area (TPSA) is 92.1 Å². The van der Waals surface area contributed by atoms with Crippen LogP contribution in [0.2, 0.25) is 0 Å². The zero-order chi connectivity index (χ0) is 13.7. The Balaban J connectivity index is 2.21. The zero-order valence-corrected chi connectivity index (χ0v) is 11.9. The van der Waals surface area contributed by atoms with Gasteiger partial charge in [0.1, 0.15) is 4.90 Å². The summed E-state index contributed by atoms with van der Waals surface area (Å²) in [5.74, 6) is 0. The van der Waals surface area contributed by atoms with E-state index in [1.165, 1.54) is 18.8 Å². The second-order valence-corrected chi connectivity index (χ2v) is 6.87. The molecule has 2 rings (SSSR count). The van der Waals surface area contributed by atoms with E-state index in [0.29, 0.717) is 19.5 Å². The monoisotopic (exact) mass is 286 g/mol. The average Bonchev–Trinajstić information content (AvgIpc) is 2.95. The highest BCUT2D eigenvalue weighted by atomic mass is 32.2. The van der Waals surface area contributed by atoms with E-state index >= 15 is 0 Å². The Labute approximate surface area is 114 Å². The molecule has 1 aromatic rings. The van der Waals surface area contributed by atoms with Crippen LogP contribution in [0.5, 0.6) is 0 Å². The molecule has 3 N–H and O–H groups in total. The molecule has 0 atom stereocenters. The van der Waals surface area contributed by atoms with Crippen LogP contribution >= 0.6 is 0 Å². The van der Waals surface area contributed by atoms with Crippen LogP contribution in [0.25, 0.3) is 0 Å². The van der Waals surface area contributed by atoms with Gasteiger partial charge in [0.25, 0.3) is 0 Å². The average molecular weight is 286 g/mol. The second kappa shape index (κ2) is 6.49. The Bertz CT molecular complexity index is 466. The van der Waals surface area contributed by atoms with E-state index in [1.54, 1.807) is 4.31 Å². The van der Waals surface area contributed by atoms with Crippen LogP contribution in [0.1, 0.15) is 38.5 Å². The van der Waals surface area contributed by atoms with Crippen molar-refractivity contribution in [3.63, 3.8) is 0 Å². The second-order valence-electron chi connectivity index (χ2n) is 4.98. The minimum absolute atomic E-state index is 0.111. The van der Waals surface area contributed by atoms with Gasteiger partial charge in [0, 0.05) is 18.8 Å². The van der Waals surface area contributed by atoms with Gasteiger partial charge in [-0.15, -0.1) is 0 Å². The third-order valence-corrected chi connectivity index (χ3v) is 5.56. The van der Waals surface area contributed by atoms with E-state index in [1.807, 2.05) is 0 Å². The van der Waals surface area contributed by atoms with Gasteiger partial charge in [-0.1, -0.05) is 19.3 Å². The van der Waals surface area contributed by atoms with Gasteiger partial charge < -0.3 is 5.73 Å². The number of nitrogens with zero attached hydrogens (tertiary/aromatic N) is 2. The van der Waals surface area contributed by atoms with Gasteiger partial charge in [-0.25, -0.2) is 8.42 Å². The largest absolute Gasteiger partial charge is 0.330 e. The molecule has 0 unspecified atom stereocenters. The first-order valence-corrected chi connectivity index (χ1v) is 8.31. The Morgan fingerprint density at radius 2 is 2.11 bits per heavy atom. The van der Waals surface area contributed by atoms with Gasteiger partial charge in [0.05, 0.1) is 6.20 Å². The third-order valence-electron chi connectivity index (χ3n) is 3.64. The Morgan fingerprint density at radius 3 is 2.68 bits per heavy atom. The van der Waals surface area contributed by atoms with Crippen molar-refractivity contribution in [3.8, 4) is 0 Å². The lowest BCUT2D eigenvalue weighted by Gasteiger charge is -2.33. The highest BCUT2D eigenvalue weighted by Gasteiger charge is 2.32. The summed E-state index contributed by atoms with van der Waals surface area (Å²) >= 11 is 0. The summed E-state index contributed by atoms with van der Waals surface area (Å²) in [5.41, 5.74) is 5.53. The lowest BCUT2D eigenvalue weighted by Crippen LogP contribution is -2.42. The van der Waals surface area contributed by atoms with E-state index in [2.05, 4.69) is 10.2 Å². The SMILES string of the molecule is NCCCN(C1CCCCC1)S(=O)(=O)c1cn[nH]c1. The summed E-state index contributed by atoms with van der Waals surface area (Å²) in [5, 5.41) is 6.31. The molecule has 6 nitrogen and oxygen atoms in total. The van der Waals surface area contributed by atoms with Crippen molar-refractivity contribution in [2.75, 3.05) is 13.1 Å². The molecule has 108 valence electrons. The molecule has 1 aliphatic carbocycles. The lowest BCUT2D eigenvalue weighted by molar-refractivity contribution is 0.252. The van der Waals surface area contributed by atoms with Crippen LogP contribution in [-0.4, -0.2) is 42.1 Å². The predicted octanol–water partition coefficient (Wildman–Crippen LogP) is 1.08. The summed E-state index contributed by atoms with van der Waals surface area (Å²) in [6.45, 7) is 0.999. The fraction of sp³-hybridized carbons (Fsp3) is 0.750. The number of rotatable bonds is 6. The van der Waals surface area contributed by atoms with Gasteiger partial charge >= 0.3 is 0 Å². The first-order valence-electron chi connectivity index (χ1n) is 6.87. The van der Waals surface area contributed by atoms with Gasteiger partial charge in [-0.05, 0) is 25.8 Å². The van der Waals surface area contributed by atoms with Crippen molar-refractivity contribution in [2.24, 2.45) is 5.73 Å². The molecule has 1 aromatic heterocycles. The molecule has 1 fully saturated rings. The van der Waals surface area contributed by atoms with Crippen LogP contribution in [0.3, 0.4) is 0 Å². The fourth-order valence-corrected chi connectivity index (χ4v) is 4.26. The van der Waals surface area contributed by atoms with Crippen molar-refractivity contribution < 1.29 is 8.42 Å². The first-order chi connectivity index (χ1) is 9.16. The van der Waals surface area contributed by atoms with Crippen LogP contribution < -0.4 is 5.73 Å². The molecule has 1 heterocycles. The van der Waals surface area contributed by atoms with Gasteiger partial charge in [0.2, 0.25) is 10.0 Å². The number of nitrogens with one attached hydrogen (secondary N) is 1. The fourth-order valence-electron chi connectivity index (χ4n) is 2.63. The number of nitrogens with two attached hydrogens (primary N) is 1. The van der Waals surface area contributed by atoms with Crippen LogP contribution in [0.15, 0.2) is 17.3 Å².